The second kappa shape index (κ2) is 10.0. The first-order chi connectivity index (χ1) is 10.5. The molecular formula is C16H22Br2N2O2. The molecule has 2 N–H and O–H groups in total. The summed E-state index contributed by atoms with van der Waals surface area (Å²) >= 11 is 6.74. The van der Waals surface area contributed by atoms with Crippen LogP contribution in [0.3, 0.4) is 0 Å². The second-order valence-corrected chi connectivity index (χ2v) is 7.28. The van der Waals surface area contributed by atoms with Crippen molar-refractivity contribution in [1.82, 2.24) is 0 Å². The van der Waals surface area contributed by atoms with Gasteiger partial charge in [-0.05, 0) is 31.0 Å². The molecule has 0 unspecified atom stereocenters. The van der Waals surface area contributed by atoms with E-state index in [-0.39, 0.29) is 21.5 Å². The van der Waals surface area contributed by atoms with Gasteiger partial charge in [0.1, 0.15) is 0 Å². The number of alkyl halides is 2. The highest BCUT2D eigenvalue weighted by Crippen LogP contribution is 2.19. The van der Waals surface area contributed by atoms with Crippen molar-refractivity contribution >= 4 is 55.0 Å². The lowest BCUT2D eigenvalue weighted by atomic mass is 10.2. The molecule has 0 saturated heterocycles. The highest BCUT2D eigenvalue weighted by atomic mass is 79.9. The molecule has 0 fully saturated rings. The maximum Gasteiger partial charge on any atom is 0.238 e. The van der Waals surface area contributed by atoms with Crippen LogP contribution in [0.15, 0.2) is 24.3 Å². The largest absolute Gasteiger partial charge is 0.325 e. The van der Waals surface area contributed by atoms with Crippen LogP contribution in [-0.4, -0.2) is 21.5 Å². The number of benzene rings is 1. The molecule has 0 aliphatic carbocycles. The summed E-state index contributed by atoms with van der Waals surface area (Å²) in [5.41, 5.74) is 1.34. The molecule has 6 heteroatoms. The molecule has 122 valence electrons. The van der Waals surface area contributed by atoms with Crippen molar-refractivity contribution in [1.29, 1.82) is 0 Å². The minimum atomic E-state index is -0.202. The van der Waals surface area contributed by atoms with E-state index in [1.54, 1.807) is 24.3 Å². The van der Waals surface area contributed by atoms with Crippen molar-refractivity contribution in [3.8, 4) is 0 Å². The molecule has 0 radical (unpaired) electrons. The minimum absolute atomic E-state index is 0.0744. The topological polar surface area (TPSA) is 58.2 Å². The Morgan fingerprint density at radius 2 is 1.36 bits per heavy atom. The van der Waals surface area contributed by atoms with Crippen molar-refractivity contribution in [2.45, 2.75) is 49.2 Å². The molecule has 0 aromatic heterocycles. The number of hydrogen-bond acceptors (Lipinski definition) is 2. The van der Waals surface area contributed by atoms with Crippen LogP contribution in [0.2, 0.25) is 0 Å². The lowest BCUT2D eigenvalue weighted by molar-refractivity contribution is -0.116. The van der Waals surface area contributed by atoms with Gasteiger partial charge in [0, 0.05) is 11.4 Å². The van der Waals surface area contributed by atoms with E-state index in [0.29, 0.717) is 11.4 Å². The normalized spacial score (nSPS) is 13.3. The lowest BCUT2D eigenvalue weighted by Crippen LogP contribution is -2.24. The molecule has 2 amide bonds. The first-order valence-corrected chi connectivity index (χ1v) is 9.31. The molecule has 0 bridgehead atoms. The van der Waals surface area contributed by atoms with Gasteiger partial charge in [0.05, 0.1) is 9.65 Å². The fourth-order valence-electron chi connectivity index (χ4n) is 1.88. The maximum absolute atomic E-state index is 12.0. The molecule has 0 spiro atoms. The summed E-state index contributed by atoms with van der Waals surface area (Å²) in [4.78, 5) is 23.5. The Bertz CT molecular complexity index is 467. The number of hydrogen-bond donors (Lipinski definition) is 2. The van der Waals surface area contributed by atoms with Crippen LogP contribution in [0.4, 0.5) is 11.4 Å². The average molecular weight is 434 g/mol. The Hall–Kier alpha value is -0.880. The van der Waals surface area contributed by atoms with Gasteiger partial charge in [-0.1, -0.05) is 64.6 Å². The number of anilines is 2. The number of nitrogens with one attached hydrogen (secondary N) is 2. The molecule has 0 aliphatic rings. The van der Waals surface area contributed by atoms with E-state index < -0.39 is 0 Å². The number of halogens is 2. The summed E-state index contributed by atoms with van der Waals surface area (Å²) in [6, 6.07) is 7.16. The number of rotatable bonds is 8. The third-order valence-electron chi connectivity index (χ3n) is 3.05. The van der Waals surface area contributed by atoms with Gasteiger partial charge in [-0.15, -0.1) is 0 Å². The molecule has 0 heterocycles. The van der Waals surface area contributed by atoms with Gasteiger partial charge in [0.15, 0.2) is 0 Å². The van der Waals surface area contributed by atoms with Gasteiger partial charge >= 0.3 is 0 Å². The number of amides is 2. The Morgan fingerprint density at radius 3 is 1.73 bits per heavy atom. The minimum Gasteiger partial charge on any atom is -0.325 e. The van der Waals surface area contributed by atoms with E-state index in [4.69, 9.17) is 0 Å². The van der Waals surface area contributed by atoms with E-state index in [0.717, 1.165) is 25.7 Å². The quantitative estimate of drug-likeness (QED) is 0.584. The summed E-state index contributed by atoms with van der Waals surface area (Å²) in [6.07, 6.45) is 3.43. The molecule has 0 saturated carbocycles. The van der Waals surface area contributed by atoms with E-state index in [1.807, 2.05) is 13.8 Å². The van der Waals surface area contributed by atoms with E-state index in [1.165, 1.54) is 0 Å². The van der Waals surface area contributed by atoms with Crippen LogP contribution in [0, 0.1) is 0 Å². The number of carbonyl (C=O) groups excluding carboxylic acids is 2. The number of carbonyl (C=O) groups is 2. The van der Waals surface area contributed by atoms with Gasteiger partial charge in [0.2, 0.25) is 11.8 Å². The predicted octanol–water partition coefficient (Wildman–Crippen LogP) is 4.69. The summed E-state index contributed by atoms with van der Waals surface area (Å²) in [7, 11) is 0. The zero-order valence-corrected chi connectivity index (χ0v) is 16.0. The SMILES string of the molecule is CCC[C@@H](Br)C(=O)Nc1cccc(NC(=O)[C@@H](Br)CCC)c1. The Balaban J connectivity index is 2.66. The highest BCUT2D eigenvalue weighted by molar-refractivity contribution is 9.10. The average Bonchev–Trinajstić information content (AvgIpc) is 2.48. The van der Waals surface area contributed by atoms with Crippen LogP contribution in [-0.2, 0) is 9.59 Å². The molecule has 2 atom stereocenters. The van der Waals surface area contributed by atoms with Crippen LogP contribution in [0.25, 0.3) is 0 Å². The summed E-state index contributed by atoms with van der Waals surface area (Å²) < 4.78 is 0. The van der Waals surface area contributed by atoms with Crippen LogP contribution < -0.4 is 10.6 Å². The highest BCUT2D eigenvalue weighted by Gasteiger charge is 2.15. The zero-order chi connectivity index (χ0) is 16.5. The molecule has 1 aromatic rings. The van der Waals surface area contributed by atoms with Crippen LogP contribution in [0.5, 0.6) is 0 Å². The maximum atomic E-state index is 12.0. The van der Waals surface area contributed by atoms with Crippen LogP contribution >= 0.6 is 31.9 Å². The summed E-state index contributed by atoms with van der Waals surface area (Å²) in [5.74, 6) is -0.149. The molecule has 1 rings (SSSR count). The Morgan fingerprint density at radius 1 is 0.955 bits per heavy atom. The van der Waals surface area contributed by atoms with Gasteiger partial charge < -0.3 is 10.6 Å². The summed E-state index contributed by atoms with van der Waals surface area (Å²) in [6.45, 7) is 4.06. The fraction of sp³-hybridized carbons (Fsp3) is 0.500. The van der Waals surface area contributed by atoms with Crippen molar-refractivity contribution in [3.63, 3.8) is 0 Å². The summed E-state index contributed by atoms with van der Waals surface area (Å²) in [5, 5.41) is 5.69. The standard InChI is InChI=1S/C16H22Br2N2O2/c1-3-6-13(17)15(21)19-11-8-5-9-12(10-11)20-16(22)14(18)7-4-2/h5,8-10,13-14H,3-4,6-7H2,1-2H3,(H,19,21)(H,20,22)/t13-,14+. The molecule has 4 nitrogen and oxygen atoms in total. The zero-order valence-electron chi connectivity index (χ0n) is 12.9. The monoisotopic (exact) mass is 432 g/mol. The fourth-order valence-corrected chi connectivity index (χ4v) is 3.03. The van der Waals surface area contributed by atoms with Gasteiger partial charge in [-0.3, -0.25) is 9.59 Å². The lowest BCUT2D eigenvalue weighted by Gasteiger charge is -2.13. The molecule has 0 aliphatic heterocycles. The van der Waals surface area contributed by atoms with E-state index in [9.17, 15) is 9.59 Å². The van der Waals surface area contributed by atoms with Crippen molar-refractivity contribution in [2.75, 3.05) is 10.6 Å². The third-order valence-corrected chi connectivity index (χ3v) is 4.80. The Kier molecular flexibility index (Phi) is 8.71. The smallest absolute Gasteiger partial charge is 0.238 e. The van der Waals surface area contributed by atoms with Gasteiger partial charge in [-0.2, -0.15) is 0 Å². The van der Waals surface area contributed by atoms with E-state index >= 15 is 0 Å². The second-order valence-electron chi connectivity index (χ2n) is 5.07. The first-order valence-electron chi connectivity index (χ1n) is 7.47. The van der Waals surface area contributed by atoms with E-state index in [2.05, 4.69) is 42.5 Å². The molecule has 22 heavy (non-hydrogen) atoms. The molecule has 1 aromatic carbocycles. The van der Waals surface area contributed by atoms with Crippen molar-refractivity contribution in [3.05, 3.63) is 24.3 Å². The third kappa shape index (κ3) is 6.48. The molecular weight excluding hydrogens is 412 g/mol. The van der Waals surface area contributed by atoms with Gasteiger partial charge in [0.25, 0.3) is 0 Å². The van der Waals surface area contributed by atoms with Crippen molar-refractivity contribution < 1.29 is 9.59 Å². The van der Waals surface area contributed by atoms with Crippen LogP contribution in [0.1, 0.15) is 39.5 Å². The van der Waals surface area contributed by atoms with Crippen molar-refractivity contribution in [2.24, 2.45) is 0 Å². The first kappa shape index (κ1) is 19.2. The predicted molar refractivity (Wildman–Crippen MR) is 98.9 cm³/mol. The Labute approximate surface area is 148 Å². The van der Waals surface area contributed by atoms with Gasteiger partial charge in [-0.25, -0.2) is 0 Å².